The Morgan fingerprint density at radius 3 is 2.90 bits per heavy atom. The molecule has 21 heavy (non-hydrogen) atoms. The molecular formula is C16H18N2O2S. The Hall–Kier alpha value is -1.87. The fourth-order valence-electron chi connectivity index (χ4n) is 2.04. The van der Waals surface area contributed by atoms with Gasteiger partial charge in [0, 0.05) is 13.1 Å². The number of nitriles is 1. The van der Waals surface area contributed by atoms with Crippen molar-refractivity contribution in [2.24, 2.45) is 0 Å². The second kappa shape index (κ2) is 7.79. The third kappa shape index (κ3) is 4.87. The molecule has 0 aliphatic rings. The summed E-state index contributed by atoms with van der Waals surface area (Å²) in [4.78, 5) is 2.05. The number of aliphatic hydroxyl groups excluding tert-OH is 1. The van der Waals surface area contributed by atoms with Crippen LogP contribution in [-0.4, -0.2) is 36.3 Å². The van der Waals surface area contributed by atoms with Gasteiger partial charge in [-0.1, -0.05) is 12.1 Å². The molecule has 0 saturated heterocycles. The Balaban J connectivity index is 1.79. The SMILES string of the molecule is CN(Cc1ccsc1)CC(O)COc1ccccc1C#N. The first kappa shape index (κ1) is 15.5. The maximum absolute atomic E-state index is 10.0. The van der Waals surface area contributed by atoms with E-state index < -0.39 is 6.10 Å². The highest BCUT2D eigenvalue weighted by Crippen LogP contribution is 2.16. The summed E-state index contributed by atoms with van der Waals surface area (Å²) in [6, 6.07) is 11.2. The molecule has 2 rings (SSSR count). The van der Waals surface area contributed by atoms with Gasteiger partial charge in [0.1, 0.15) is 24.5 Å². The monoisotopic (exact) mass is 302 g/mol. The van der Waals surface area contributed by atoms with Gasteiger partial charge in [-0.2, -0.15) is 16.6 Å². The zero-order chi connectivity index (χ0) is 15.1. The molecule has 2 aromatic rings. The number of ether oxygens (including phenoxy) is 1. The Morgan fingerprint density at radius 1 is 1.38 bits per heavy atom. The van der Waals surface area contributed by atoms with Crippen molar-refractivity contribution < 1.29 is 9.84 Å². The number of aliphatic hydroxyl groups is 1. The topological polar surface area (TPSA) is 56.5 Å². The third-order valence-electron chi connectivity index (χ3n) is 2.99. The molecule has 4 nitrogen and oxygen atoms in total. The lowest BCUT2D eigenvalue weighted by Crippen LogP contribution is -2.32. The third-order valence-corrected chi connectivity index (χ3v) is 3.73. The molecule has 0 radical (unpaired) electrons. The minimum absolute atomic E-state index is 0.173. The molecule has 110 valence electrons. The number of hydrogen-bond acceptors (Lipinski definition) is 5. The van der Waals surface area contributed by atoms with Crippen molar-refractivity contribution in [3.05, 3.63) is 52.2 Å². The van der Waals surface area contributed by atoms with Crippen LogP contribution in [0, 0.1) is 11.3 Å². The predicted octanol–water partition coefficient (Wildman–Crippen LogP) is 2.49. The maximum atomic E-state index is 10.0. The Kier molecular flexibility index (Phi) is 5.76. The number of benzene rings is 1. The van der Waals surface area contributed by atoms with Crippen LogP contribution in [0.15, 0.2) is 41.1 Å². The van der Waals surface area contributed by atoms with Crippen LogP contribution in [0.1, 0.15) is 11.1 Å². The molecule has 0 amide bonds. The zero-order valence-electron chi connectivity index (χ0n) is 11.9. The molecular weight excluding hydrogens is 284 g/mol. The summed E-state index contributed by atoms with van der Waals surface area (Å²) in [6.45, 7) is 1.49. The van der Waals surface area contributed by atoms with Crippen molar-refractivity contribution in [1.29, 1.82) is 5.26 Å². The average Bonchev–Trinajstić information content (AvgIpc) is 2.98. The van der Waals surface area contributed by atoms with Crippen LogP contribution in [0.5, 0.6) is 5.75 Å². The molecule has 0 spiro atoms. The fourth-order valence-corrected chi connectivity index (χ4v) is 2.70. The van der Waals surface area contributed by atoms with Gasteiger partial charge in [-0.25, -0.2) is 0 Å². The smallest absolute Gasteiger partial charge is 0.137 e. The second-order valence-electron chi connectivity index (χ2n) is 4.90. The number of likely N-dealkylation sites (N-methyl/N-ethyl adjacent to an activating group) is 1. The van der Waals surface area contributed by atoms with E-state index in [9.17, 15) is 5.11 Å². The Morgan fingerprint density at radius 2 is 2.19 bits per heavy atom. The molecule has 1 atom stereocenters. The lowest BCUT2D eigenvalue weighted by molar-refractivity contribution is 0.0743. The van der Waals surface area contributed by atoms with E-state index in [0.29, 0.717) is 17.9 Å². The van der Waals surface area contributed by atoms with Crippen molar-refractivity contribution >= 4 is 11.3 Å². The molecule has 0 aliphatic heterocycles. The van der Waals surface area contributed by atoms with E-state index in [4.69, 9.17) is 10.00 Å². The van der Waals surface area contributed by atoms with Gasteiger partial charge >= 0.3 is 0 Å². The summed E-state index contributed by atoms with van der Waals surface area (Å²) in [6.07, 6.45) is -0.597. The fraction of sp³-hybridized carbons (Fsp3) is 0.312. The van der Waals surface area contributed by atoms with E-state index in [1.54, 1.807) is 29.5 Å². The second-order valence-corrected chi connectivity index (χ2v) is 5.68. The van der Waals surface area contributed by atoms with Gasteiger partial charge in [-0.05, 0) is 41.6 Å². The van der Waals surface area contributed by atoms with Gasteiger partial charge in [0.25, 0.3) is 0 Å². The van der Waals surface area contributed by atoms with Crippen LogP contribution in [-0.2, 0) is 6.54 Å². The molecule has 1 aromatic carbocycles. The minimum Gasteiger partial charge on any atom is -0.489 e. The molecule has 1 N–H and O–H groups in total. The zero-order valence-corrected chi connectivity index (χ0v) is 12.7. The first-order valence-electron chi connectivity index (χ1n) is 6.68. The van der Waals surface area contributed by atoms with Crippen LogP contribution in [0.4, 0.5) is 0 Å². The van der Waals surface area contributed by atoms with Gasteiger partial charge in [0.05, 0.1) is 5.56 Å². The van der Waals surface area contributed by atoms with Crippen molar-refractivity contribution in [2.75, 3.05) is 20.2 Å². The lowest BCUT2D eigenvalue weighted by Gasteiger charge is -2.20. The average molecular weight is 302 g/mol. The van der Waals surface area contributed by atoms with Gasteiger partial charge in [0.2, 0.25) is 0 Å². The quantitative estimate of drug-likeness (QED) is 0.854. The Labute approximate surface area is 128 Å². The molecule has 5 heteroatoms. The summed E-state index contributed by atoms with van der Waals surface area (Å²) >= 11 is 1.67. The minimum atomic E-state index is -0.597. The number of para-hydroxylation sites is 1. The molecule has 0 bridgehead atoms. The van der Waals surface area contributed by atoms with Crippen LogP contribution in [0.3, 0.4) is 0 Å². The van der Waals surface area contributed by atoms with Gasteiger partial charge < -0.3 is 9.84 Å². The molecule has 1 aromatic heterocycles. The highest BCUT2D eigenvalue weighted by molar-refractivity contribution is 7.07. The highest BCUT2D eigenvalue weighted by atomic mass is 32.1. The van der Waals surface area contributed by atoms with Gasteiger partial charge in [-0.15, -0.1) is 0 Å². The number of rotatable bonds is 7. The van der Waals surface area contributed by atoms with E-state index in [1.165, 1.54) is 5.56 Å². The van der Waals surface area contributed by atoms with Crippen LogP contribution >= 0.6 is 11.3 Å². The summed E-state index contributed by atoms with van der Waals surface area (Å²) in [5.41, 5.74) is 1.72. The molecule has 0 aliphatic carbocycles. The normalized spacial score (nSPS) is 12.1. The lowest BCUT2D eigenvalue weighted by atomic mass is 10.2. The molecule has 1 heterocycles. The first-order chi connectivity index (χ1) is 10.2. The first-order valence-corrected chi connectivity index (χ1v) is 7.63. The predicted molar refractivity (Wildman–Crippen MR) is 83.3 cm³/mol. The molecule has 0 saturated carbocycles. The summed E-state index contributed by atoms with van der Waals surface area (Å²) in [5, 5.41) is 23.1. The summed E-state index contributed by atoms with van der Waals surface area (Å²) < 4.78 is 5.53. The van der Waals surface area contributed by atoms with E-state index >= 15 is 0 Å². The molecule has 1 unspecified atom stereocenters. The largest absolute Gasteiger partial charge is 0.489 e. The van der Waals surface area contributed by atoms with Crippen molar-refractivity contribution in [3.63, 3.8) is 0 Å². The van der Waals surface area contributed by atoms with Crippen molar-refractivity contribution in [1.82, 2.24) is 4.90 Å². The van der Waals surface area contributed by atoms with Crippen molar-refractivity contribution in [3.8, 4) is 11.8 Å². The van der Waals surface area contributed by atoms with Crippen LogP contribution in [0.25, 0.3) is 0 Å². The maximum Gasteiger partial charge on any atom is 0.137 e. The van der Waals surface area contributed by atoms with Gasteiger partial charge in [0.15, 0.2) is 0 Å². The van der Waals surface area contributed by atoms with Crippen molar-refractivity contribution in [2.45, 2.75) is 12.6 Å². The van der Waals surface area contributed by atoms with Crippen LogP contribution < -0.4 is 4.74 Å². The standard InChI is InChI=1S/C16H18N2O2S/c1-18(9-13-6-7-21-12-13)10-15(19)11-20-16-5-3-2-4-14(16)8-17/h2-7,12,15,19H,9-11H2,1H3. The van der Waals surface area contributed by atoms with E-state index in [0.717, 1.165) is 6.54 Å². The van der Waals surface area contributed by atoms with E-state index in [2.05, 4.69) is 17.5 Å². The van der Waals surface area contributed by atoms with Crippen LogP contribution in [0.2, 0.25) is 0 Å². The summed E-state index contributed by atoms with van der Waals surface area (Å²) in [5.74, 6) is 0.513. The Bertz CT molecular complexity index is 593. The van der Waals surface area contributed by atoms with Gasteiger partial charge in [-0.3, -0.25) is 4.90 Å². The molecule has 0 fully saturated rings. The number of hydrogen-bond donors (Lipinski definition) is 1. The number of nitrogens with zero attached hydrogens (tertiary/aromatic N) is 2. The number of thiophene rings is 1. The highest BCUT2D eigenvalue weighted by Gasteiger charge is 2.11. The van der Waals surface area contributed by atoms with E-state index in [1.807, 2.05) is 23.4 Å². The summed E-state index contributed by atoms with van der Waals surface area (Å²) in [7, 11) is 1.96. The van der Waals surface area contributed by atoms with E-state index in [-0.39, 0.29) is 6.61 Å².